The molecule has 2 atom stereocenters. The Morgan fingerprint density at radius 3 is 1.78 bits per heavy atom. The lowest BCUT2D eigenvalue weighted by Crippen LogP contribution is -2.01. The van der Waals surface area contributed by atoms with E-state index in [1.165, 1.54) is 89.9 Å². The molecule has 1 saturated carbocycles. The molecule has 0 amide bonds. The van der Waals surface area contributed by atoms with E-state index in [4.69, 9.17) is 0 Å². The highest BCUT2D eigenvalue weighted by atomic mass is 14.2. The molecule has 1 fully saturated rings. The highest BCUT2D eigenvalue weighted by Crippen LogP contribution is 2.25. The van der Waals surface area contributed by atoms with Crippen LogP contribution < -0.4 is 0 Å². The second-order valence-electron chi connectivity index (χ2n) is 6.74. The van der Waals surface area contributed by atoms with E-state index in [2.05, 4.69) is 13.8 Å². The Bertz CT molecular complexity index is 173. The minimum Gasteiger partial charge on any atom is -0.0654 e. The van der Waals surface area contributed by atoms with Crippen molar-refractivity contribution >= 4 is 0 Å². The quantitative estimate of drug-likeness (QED) is 0.522. The summed E-state index contributed by atoms with van der Waals surface area (Å²) in [6.45, 7) is 4.80. The molecule has 0 aromatic heterocycles. The van der Waals surface area contributed by atoms with Gasteiger partial charge in [0, 0.05) is 0 Å². The lowest BCUT2D eigenvalue weighted by Gasteiger charge is -2.16. The number of rotatable bonds is 3. The van der Waals surface area contributed by atoms with Crippen LogP contribution in [0.2, 0.25) is 0 Å². The van der Waals surface area contributed by atoms with Crippen molar-refractivity contribution in [2.75, 3.05) is 0 Å². The van der Waals surface area contributed by atoms with Gasteiger partial charge in [-0.05, 0) is 11.8 Å². The minimum absolute atomic E-state index is 0.988. The van der Waals surface area contributed by atoms with Gasteiger partial charge in [0.05, 0.1) is 0 Å². The van der Waals surface area contributed by atoms with Crippen molar-refractivity contribution in [3.05, 3.63) is 0 Å². The van der Waals surface area contributed by atoms with Crippen molar-refractivity contribution in [2.24, 2.45) is 11.8 Å². The molecular weight excluding hydrogens is 216 g/mol. The average molecular weight is 252 g/mol. The van der Waals surface area contributed by atoms with E-state index in [0.717, 1.165) is 11.8 Å². The van der Waals surface area contributed by atoms with Crippen molar-refractivity contribution in [2.45, 2.75) is 104 Å². The Morgan fingerprint density at radius 2 is 1.22 bits per heavy atom. The lowest BCUT2D eigenvalue weighted by molar-refractivity contribution is 0.373. The third-order valence-corrected chi connectivity index (χ3v) is 4.83. The van der Waals surface area contributed by atoms with Crippen molar-refractivity contribution in [3.63, 3.8) is 0 Å². The van der Waals surface area contributed by atoms with Crippen molar-refractivity contribution in [1.29, 1.82) is 0 Å². The Morgan fingerprint density at radius 1 is 0.722 bits per heavy atom. The molecular formula is C18H36. The summed E-state index contributed by atoms with van der Waals surface area (Å²) in [7, 11) is 0. The van der Waals surface area contributed by atoms with Gasteiger partial charge in [-0.3, -0.25) is 0 Å². The van der Waals surface area contributed by atoms with Crippen molar-refractivity contribution < 1.29 is 0 Å². The van der Waals surface area contributed by atoms with Crippen LogP contribution in [0.4, 0.5) is 0 Å². The van der Waals surface area contributed by atoms with E-state index < -0.39 is 0 Å². The highest BCUT2D eigenvalue weighted by molar-refractivity contribution is 4.63. The third kappa shape index (κ3) is 8.16. The van der Waals surface area contributed by atoms with E-state index in [9.17, 15) is 0 Å². The molecule has 108 valence electrons. The predicted octanol–water partition coefficient (Wildman–Crippen LogP) is 6.73. The summed E-state index contributed by atoms with van der Waals surface area (Å²) in [5.41, 5.74) is 0. The molecule has 0 aliphatic heterocycles. The first-order valence-electron chi connectivity index (χ1n) is 8.83. The van der Waals surface area contributed by atoms with Crippen molar-refractivity contribution in [3.8, 4) is 0 Å². The van der Waals surface area contributed by atoms with Gasteiger partial charge in [0.2, 0.25) is 0 Å². The lowest BCUT2D eigenvalue weighted by atomic mass is 9.90. The molecule has 2 unspecified atom stereocenters. The van der Waals surface area contributed by atoms with Gasteiger partial charge in [-0.2, -0.15) is 0 Å². The molecule has 1 rings (SSSR count). The molecule has 1 aliphatic rings. The van der Waals surface area contributed by atoms with Gasteiger partial charge in [-0.15, -0.1) is 0 Å². The van der Waals surface area contributed by atoms with Crippen LogP contribution in [0.3, 0.4) is 0 Å². The molecule has 0 aromatic rings. The summed E-state index contributed by atoms with van der Waals surface area (Å²) in [5, 5.41) is 0. The van der Waals surface area contributed by atoms with Crippen molar-refractivity contribution in [1.82, 2.24) is 0 Å². The summed E-state index contributed by atoms with van der Waals surface area (Å²) in [6.07, 6.45) is 20.8. The molecule has 0 spiro atoms. The zero-order chi connectivity index (χ0) is 13.1. The van der Waals surface area contributed by atoms with E-state index in [1.807, 2.05) is 0 Å². The Kier molecular flexibility index (Phi) is 9.70. The van der Waals surface area contributed by atoms with E-state index in [1.54, 1.807) is 0 Å². The van der Waals surface area contributed by atoms with Crippen LogP contribution in [0.25, 0.3) is 0 Å². The SMILES string of the molecule is CCCCC1CCCCCCC(C)CCCCC1. The summed E-state index contributed by atoms with van der Waals surface area (Å²) in [6, 6.07) is 0. The van der Waals surface area contributed by atoms with Gasteiger partial charge in [0.15, 0.2) is 0 Å². The van der Waals surface area contributed by atoms with Gasteiger partial charge in [0.1, 0.15) is 0 Å². The minimum atomic E-state index is 0.988. The predicted molar refractivity (Wildman–Crippen MR) is 83.0 cm³/mol. The maximum absolute atomic E-state index is 2.46. The monoisotopic (exact) mass is 252 g/mol. The van der Waals surface area contributed by atoms with Crippen LogP contribution in [-0.4, -0.2) is 0 Å². The fourth-order valence-corrected chi connectivity index (χ4v) is 3.45. The van der Waals surface area contributed by atoms with Gasteiger partial charge in [-0.1, -0.05) is 104 Å². The second-order valence-corrected chi connectivity index (χ2v) is 6.74. The zero-order valence-corrected chi connectivity index (χ0v) is 13.1. The number of unbranched alkanes of at least 4 members (excludes halogenated alkanes) is 1. The standard InChI is InChI=1S/C18H36/c1-3-4-14-18-15-10-6-5-8-12-17(2)13-9-7-11-16-18/h17-18H,3-16H2,1-2H3. The first-order valence-corrected chi connectivity index (χ1v) is 8.83. The Balaban J connectivity index is 2.26. The largest absolute Gasteiger partial charge is 0.0654 e. The molecule has 0 saturated heterocycles. The average Bonchev–Trinajstić information content (AvgIpc) is 2.39. The van der Waals surface area contributed by atoms with Crippen LogP contribution in [0.1, 0.15) is 104 Å². The van der Waals surface area contributed by atoms with E-state index >= 15 is 0 Å². The molecule has 0 heterocycles. The van der Waals surface area contributed by atoms with Gasteiger partial charge < -0.3 is 0 Å². The fraction of sp³-hybridized carbons (Fsp3) is 1.00. The third-order valence-electron chi connectivity index (χ3n) is 4.83. The zero-order valence-electron chi connectivity index (χ0n) is 13.1. The Labute approximate surface area is 116 Å². The summed E-state index contributed by atoms with van der Waals surface area (Å²) in [5.74, 6) is 2.05. The topological polar surface area (TPSA) is 0 Å². The molecule has 0 aromatic carbocycles. The fourth-order valence-electron chi connectivity index (χ4n) is 3.45. The number of hydrogen-bond donors (Lipinski definition) is 0. The highest BCUT2D eigenvalue weighted by Gasteiger charge is 2.09. The normalized spacial score (nSPS) is 29.0. The molecule has 0 N–H and O–H groups in total. The summed E-state index contributed by atoms with van der Waals surface area (Å²) < 4.78 is 0. The van der Waals surface area contributed by atoms with Gasteiger partial charge in [0.25, 0.3) is 0 Å². The van der Waals surface area contributed by atoms with Crippen LogP contribution in [-0.2, 0) is 0 Å². The van der Waals surface area contributed by atoms with Crippen LogP contribution in [0, 0.1) is 11.8 Å². The smallest absolute Gasteiger partial charge is 0.0414 e. The summed E-state index contributed by atoms with van der Waals surface area (Å²) >= 11 is 0. The molecule has 0 heteroatoms. The maximum Gasteiger partial charge on any atom is -0.0414 e. The molecule has 0 nitrogen and oxygen atoms in total. The van der Waals surface area contributed by atoms with E-state index in [0.29, 0.717) is 0 Å². The van der Waals surface area contributed by atoms with Gasteiger partial charge in [-0.25, -0.2) is 0 Å². The van der Waals surface area contributed by atoms with Crippen LogP contribution in [0.15, 0.2) is 0 Å². The van der Waals surface area contributed by atoms with E-state index in [-0.39, 0.29) is 0 Å². The molecule has 1 aliphatic carbocycles. The maximum atomic E-state index is 2.46. The molecule has 0 radical (unpaired) electrons. The first-order chi connectivity index (χ1) is 8.83. The van der Waals surface area contributed by atoms with Gasteiger partial charge >= 0.3 is 0 Å². The van der Waals surface area contributed by atoms with Crippen LogP contribution in [0.5, 0.6) is 0 Å². The summed E-state index contributed by atoms with van der Waals surface area (Å²) in [4.78, 5) is 0. The number of hydrogen-bond acceptors (Lipinski definition) is 0. The van der Waals surface area contributed by atoms with Crippen LogP contribution >= 0.6 is 0 Å². The first kappa shape index (κ1) is 16.1. The molecule has 18 heavy (non-hydrogen) atoms. The Hall–Kier alpha value is 0. The molecule has 0 bridgehead atoms. The second kappa shape index (κ2) is 10.9.